The maximum atomic E-state index is 13.3. The van der Waals surface area contributed by atoms with Crippen molar-refractivity contribution in [2.75, 3.05) is 66.5 Å². The normalized spacial score (nSPS) is 23.3. The summed E-state index contributed by atoms with van der Waals surface area (Å²) in [6, 6.07) is 12.5. The number of amides is 3. The number of fused-ring (bicyclic) bond motifs is 5. The molecular weight excluding hydrogens is 510 g/mol. The van der Waals surface area contributed by atoms with Crippen molar-refractivity contribution >= 4 is 17.7 Å². The second kappa shape index (κ2) is 12.4. The van der Waals surface area contributed by atoms with Crippen LogP contribution in [0.5, 0.6) is 11.5 Å². The van der Waals surface area contributed by atoms with Gasteiger partial charge in [0.15, 0.2) is 0 Å². The molecule has 10 heteroatoms. The van der Waals surface area contributed by atoms with Crippen LogP contribution in [0.15, 0.2) is 42.5 Å². The molecule has 2 fully saturated rings. The van der Waals surface area contributed by atoms with E-state index in [1.54, 1.807) is 24.1 Å². The number of benzene rings is 2. The minimum atomic E-state index is -0.381. The van der Waals surface area contributed by atoms with Crippen molar-refractivity contribution in [3.63, 3.8) is 0 Å². The fourth-order valence-corrected chi connectivity index (χ4v) is 5.47. The molecule has 214 valence electrons. The van der Waals surface area contributed by atoms with Gasteiger partial charge in [0, 0.05) is 38.8 Å². The summed E-state index contributed by atoms with van der Waals surface area (Å²) in [7, 11) is 3.71. The third kappa shape index (κ3) is 6.80. The predicted molar refractivity (Wildman–Crippen MR) is 150 cm³/mol. The Labute approximate surface area is 235 Å². The van der Waals surface area contributed by atoms with Gasteiger partial charge < -0.3 is 29.5 Å². The van der Waals surface area contributed by atoms with Crippen molar-refractivity contribution in [3.8, 4) is 11.5 Å². The third-order valence-corrected chi connectivity index (χ3v) is 7.89. The first kappa shape index (κ1) is 28.1. The number of aryl methyl sites for hydroxylation is 1. The number of hydrogen-bond acceptors (Lipinski definition) is 7. The lowest BCUT2D eigenvalue weighted by Gasteiger charge is -2.23. The largest absolute Gasteiger partial charge is 0.457 e. The van der Waals surface area contributed by atoms with E-state index in [1.165, 1.54) is 4.90 Å². The number of likely N-dealkylation sites (tertiary alicyclic amines) is 1. The van der Waals surface area contributed by atoms with Gasteiger partial charge in [-0.2, -0.15) is 0 Å². The molecule has 0 unspecified atom stereocenters. The maximum Gasteiger partial charge on any atom is 0.254 e. The van der Waals surface area contributed by atoms with E-state index < -0.39 is 0 Å². The number of carbonyl (C=O) groups excluding carboxylic acids is 3. The molecule has 10 nitrogen and oxygen atoms in total. The average Bonchev–Trinajstić information content (AvgIpc) is 3.21. The van der Waals surface area contributed by atoms with Crippen molar-refractivity contribution in [2.45, 2.75) is 32.1 Å². The monoisotopic (exact) mass is 549 g/mol. The van der Waals surface area contributed by atoms with Gasteiger partial charge in [-0.15, -0.1) is 0 Å². The summed E-state index contributed by atoms with van der Waals surface area (Å²) in [4.78, 5) is 47.2. The van der Waals surface area contributed by atoms with Crippen molar-refractivity contribution in [3.05, 3.63) is 59.2 Å². The van der Waals surface area contributed by atoms with E-state index in [2.05, 4.69) is 22.2 Å². The highest BCUT2D eigenvalue weighted by Crippen LogP contribution is 2.28. The summed E-state index contributed by atoms with van der Waals surface area (Å²) in [5.41, 5.74) is 2.25. The summed E-state index contributed by atoms with van der Waals surface area (Å²) < 4.78 is 12.5. The molecule has 3 heterocycles. The van der Waals surface area contributed by atoms with Gasteiger partial charge in [-0.25, -0.2) is 0 Å². The van der Waals surface area contributed by atoms with Gasteiger partial charge in [0.05, 0.1) is 31.8 Å². The zero-order chi connectivity index (χ0) is 28.2. The molecule has 40 heavy (non-hydrogen) atoms. The molecule has 2 atom stereocenters. The van der Waals surface area contributed by atoms with Gasteiger partial charge in [0.2, 0.25) is 11.8 Å². The topological polar surface area (TPSA) is 94.7 Å². The van der Waals surface area contributed by atoms with Crippen LogP contribution in [0.3, 0.4) is 0 Å². The van der Waals surface area contributed by atoms with Gasteiger partial charge >= 0.3 is 0 Å². The standard InChI is InChI=1S/C30H39N5O5/c1-21-8-9-23-15-26(21)40-24-7-4-6-22(14-24)20-39-27-17-35(16-25(27)31-28(36)18-33(3)30(23)38)29(37)19-34-11-5-10-32(2)12-13-34/h4,6-9,14-15,25,27H,5,10-13,16-20H2,1-3H3,(H,31,36)/t25-,27-/m0/s1. The summed E-state index contributed by atoms with van der Waals surface area (Å²) in [6.45, 7) is 6.97. The second-order valence-electron chi connectivity index (χ2n) is 11.1. The first-order valence-electron chi connectivity index (χ1n) is 14.0. The molecular formula is C30H39N5O5. The number of hydrogen-bond donors (Lipinski definition) is 1. The Morgan fingerprint density at radius 2 is 1.88 bits per heavy atom. The molecule has 2 aromatic carbocycles. The number of nitrogens with one attached hydrogen (secondary N) is 1. The number of ether oxygens (including phenoxy) is 2. The van der Waals surface area contributed by atoms with Gasteiger partial charge in [-0.05, 0) is 68.9 Å². The highest BCUT2D eigenvalue weighted by atomic mass is 16.5. The van der Waals surface area contributed by atoms with E-state index in [-0.39, 0.29) is 36.4 Å². The smallest absolute Gasteiger partial charge is 0.254 e. The van der Waals surface area contributed by atoms with Crippen molar-refractivity contribution in [1.29, 1.82) is 0 Å². The van der Waals surface area contributed by atoms with E-state index in [9.17, 15) is 14.4 Å². The van der Waals surface area contributed by atoms with Crippen molar-refractivity contribution in [1.82, 2.24) is 24.9 Å². The highest BCUT2D eigenvalue weighted by Gasteiger charge is 2.37. The summed E-state index contributed by atoms with van der Waals surface area (Å²) in [6.07, 6.45) is 0.656. The molecule has 0 saturated carbocycles. The minimum Gasteiger partial charge on any atom is -0.457 e. The molecule has 4 bridgehead atoms. The Kier molecular flexibility index (Phi) is 8.68. The number of likely N-dealkylation sites (N-methyl/N-ethyl adjacent to an activating group) is 2. The summed E-state index contributed by atoms with van der Waals surface area (Å²) >= 11 is 0. The van der Waals surface area contributed by atoms with E-state index in [0.29, 0.717) is 43.3 Å². The third-order valence-electron chi connectivity index (χ3n) is 7.89. The van der Waals surface area contributed by atoms with Crippen molar-refractivity contribution < 1.29 is 23.9 Å². The lowest BCUT2D eigenvalue weighted by Crippen LogP contribution is -2.48. The molecule has 2 saturated heterocycles. The van der Waals surface area contributed by atoms with Gasteiger partial charge in [0.25, 0.3) is 5.91 Å². The van der Waals surface area contributed by atoms with E-state index in [4.69, 9.17) is 9.47 Å². The van der Waals surface area contributed by atoms with Crippen LogP contribution >= 0.6 is 0 Å². The highest BCUT2D eigenvalue weighted by molar-refractivity contribution is 5.96. The number of rotatable bonds is 2. The Bertz CT molecular complexity index is 1250. The molecule has 2 aromatic rings. The minimum absolute atomic E-state index is 0.0399. The Morgan fingerprint density at radius 3 is 2.73 bits per heavy atom. The van der Waals surface area contributed by atoms with Gasteiger partial charge in [-0.1, -0.05) is 18.2 Å². The first-order valence-corrected chi connectivity index (χ1v) is 14.0. The fourth-order valence-electron chi connectivity index (χ4n) is 5.47. The lowest BCUT2D eigenvalue weighted by molar-refractivity contribution is -0.132. The predicted octanol–water partition coefficient (Wildman–Crippen LogP) is 1.72. The van der Waals surface area contributed by atoms with Crippen LogP contribution in [-0.2, 0) is 20.9 Å². The Balaban J connectivity index is 1.34. The van der Waals surface area contributed by atoms with Crippen LogP contribution in [0.25, 0.3) is 0 Å². The van der Waals surface area contributed by atoms with Crippen LogP contribution in [0.1, 0.15) is 27.9 Å². The zero-order valence-electron chi connectivity index (χ0n) is 23.6. The molecule has 0 radical (unpaired) electrons. The zero-order valence-corrected chi connectivity index (χ0v) is 23.6. The van der Waals surface area contributed by atoms with Crippen LogP contribution in [0.4, 0.5) is 0 Å². The number of nitrogens with zero attached hydrogens (tertiary/aromatic N) is 4. The summed E-state index contributed by atoms with van der Waals surface area (Å²) in [5.74, 6) is 0.690. The maximum absolute atomic E-state index is 13.3. The molecule has 3 aliphatic heterocycles. The summed E-state index contributed by atoms with van der Waals surface area (Å²) in [5, 5.41) is 3.04. The van der Waals surface area contributed by atoms with Gasteiger partial charge in [0.1, 0.15) is 11.5 Å². The first-order chi connectivity index (χ1) is 19.2. The van der Waals surface area contributed by atoms with Crippen molar-refractivity contribution in [2.24, 2.45) is 0 Å². The molecule has 0 spiro atoms. The molecule has 3 amide bonds. The lowest BCUT2D eigenvalue weighted by atomic mass is 10.1. The quantitative estimate of drug-likeness (QED) is 0.610. The average molecular weight is 550 g/mol. The Hall–Kier alpha value is -3.47. The SMILES string of the molecule is Cc1ccc2cc1Oc1cccc(c1)CO[C@H]1CN(C(=O)CN3CCCN(C)CC3)C[C@@H]1NC(=O)CN(C)C2=O. The van der Waals surface area contributed by atoms with E-state index in [1.807, 2.05) is 37.3 Å². The molecule has 0 aliphatic carbocycles. The van der Waals surface area contributed by atoms with Gasteiger partial charge in [-0.3, -0.25) is 19.3 Å². The van der Waals surface area contributed by atoms with Crippen LogP contribution < -0.4 is 10.1 Å². The van der Waals surface area contributed by atoms with E-state index >= 15 is 0 Å². The van der Waals surface area contributed by atoms with Crippen LogP contribution in [-0.4, -0.2) is 116 Å². The van der Waals surface area contributed by atoms with E-state index in [0.717, 1.165) is 43.7 Å². The van der Waals surface area contributed by atoms with Crippen LogP contribution in [0.2, 0.25) is 0 Å². The molecule has 1 N–H and O–H groups in total. The molecule has 3 aliphatic rings. The molecule has 5 rings (SSSR count). The van der Waals surface area contributed by atoms with Crippen LogP contribution in [0, 0.1) is 6.92 Å². The second-order valence-corrected chi connectivity index (χ2v) is 11.1. The number of carbonyl (C=O) groups is 3. The molecule has 0 aromatic heterocycles. The Morgan fingerprint density at radius 1 is 1.02 bits per heavy atom. The fraction of sp³-hybridized carbons (Fsp3) is 0.500.